The molecule has 1 aliphatic rings. The maximum atomic E-state index is 8.95. The number of aliphatic hydroxyl groups excluding tert-OH is 1. The largest absolute Gasteiger partial charge is 0.395 e. The van der Waals surface area contributed by atoms with Crippen LogP contribution in [-0.2, 0) is 0 Å². The molecule has 1 aromatic rings. The van der Waals surface area contributed by atoms with Crippen molar-refractivity contribution in [3.63, 3.8) is 0 Å². The molecule has 0 saturated carbocycles. The van der Waals surface area contributed by atoms with Gasteiger partial charge in [0.2, 0.25) is 0 Å². The van der Waals surface area contributed by atoms with Gasteiger partial charge < -0.3 is 10.4 Å². The van der Waals surface area contributed by atoms with E-state index in [1.54, 1.807) is 6.20 Å². The van der Waals surface area contributed by atoms with Crippen LogP contribution in [0.1, 0.15) is 17.9 Å². The topological polar surface area (TPSA) is 45.2 Å². The fraction of sp³-hybridized carbons (Fsp3) is 0.500. The van der Waals surface area contributed by atoms with Crippen molar-refractivity contribution in [2.24, 2.45) is 0 Å². The summed E-state index contributed by atoms with van der Waals surface area (Å²) in [5, 5.41) is 12.2. The molecule has 4 heteroatoms. The molecule has 1 aromatic heterocycles. The highest BCUT2D eigenvalue weighted by Gasteiger charge is 2.24. The number of nitrogens with zero attached hydrogens (tertiary/aromatic N) is 1. The number of pyridine rings is 1. The van der Waals surface area contributed by atoms with E-state index in [9.17, 15) is 0 Å². The third kappa shape index (κ3) is 2.44. The Morgan fingerprint density at radius 1 is 1.57 bits per heavy atom. The summed E-state index contributed by atoms with van der Waals surface area (Å²) in [4.78, 5) is 4.09. The molecule has 0 bridgehead atoms. The highest BCUT2D eigenvalue weighted by molar-refractivity contribution is 5.85. The van der Waals surface area contributed by atoms with Crippen molar-refractivity contribution in [3.05, 3.63) is 30.1 Å². The zero-order chi connectivity index (χ0) is 9.10. The van der Waals surface area contributed by atoms with Gasteiger partial charge in [-0.2, -0.15) is 0 Å². The summed E-state index contributed by atoms with van der Waals surface area (Å²) < 4.78 is 0. The lowest BCUT2D eigenvalue weighted by Crippen LogP contribution is -2.24. The Labute approximate surface area is 90.0 Å². The average molecular weight is 215 g/mol. The molecular formula is C10H15ClN2O. The van der Waals surface area contributed by atoms with Crippen LogP contribution < -0.4 is 5.32 Å². The molecule has 0 spiro atoms. The summed E-state index contributed by atoms with van der Waals surface area (Å²) in [6, 6.07) is 4.32. The third-order valence-electron chi connectivity index (χ3n) is 2.60. The second kappa shape index (κ2) is 5.29. The maximum Gasteiger partial charge on any atom is 0.0584 e. The van der Waals surface area contributed by atoms with Crippen LogP contribution in [0.5, 0.6) is 0 Å². The summed E-state index contributed by atoms with van der Waals surface area (Å²) >= 11 is 0. The monoisotopic (exact) mass is 214 g/mol. The fourth-order valence-corrected chi connectivity index (χ4v) is 1.83. The van der Waals surface area contributed by atoms with Crippen molar-refractivity contribution in [2.75, 3.05) is 13.2 Å². The SMILES string of the molecule is Cl.OC[C@@H]1CC(c2cccnc2)CN1. The number of halogens is 1. The summed E-state index contributed by atoms with van der Waals surface area (Å²) in [7, 11) is 0. The Hall–Kier alpha value is -0.640. The summed E-state index contributed by atoms with van der Waals surface area (Å²) in [5.74, 6) is 0.519. The third-order valence-corrected chi connectivity index (χ3v) is 2.60. The lowest BCUT2D eigenvalue weighted by molar-refractivity contribution is 0.254. The van der Waals surface area contributed by atoms with Crippen LogP contribution in [0.15, 0.2) is 24.5 Å². The van der Waals surface area contributed by atoms with Gasteiger partial charge in [-0.1, -0.05) is 6.07 Å². The molecule has 2 atom stereocenters. The minimum atomic E-state index is 0. The van der Waals surface area contributed by atoms with Gasteiger partial charge in [-0.25, -0.2) is 0 Å². The van der Waals surface area contributed by atoms with Gasteiger partial charge in [-0.15, -0.1) is 12.4 Å². The van der Waals surface area contributed by atoms with E-state index < -0.39 is 0 Å². The van der Waals surface area contributed by atoms with E-state index in [0.717, 1.165) is 13.0 Å². The lowest BCUT2D eigenvalue weighted by Gasteiger charge is -2.07. The van der Waals surface area contributed by atoms with Crippen molar-refractivity contribution in [1.82, 2.24) is 10.3 Å². The Kier molecular flexibility index (Phi) is 4.32. The quantitative estimate of drug-likeness (QED) is 0.771. The molecule has 2 N–H and O–H groups in total. The molecule has 1 unspecified atom stereocenters. The number of hydrogen-bond acceptors (Lipinski definition) is 3. The molecule has 0 aliphatic carbocycles. The van der Waals surface area contributed by atoms with Crippen molar-refractivity contribution >= 4 is 12.4 Å². The zero-order valence-electron chi connectivity index (χ0n) is 7.89. The molecule has 0 amide bonds. The summed E-state index contributed by atoms with van der Waals surface area (Å²) in [6.07, 6.45) is 4.71. The zero-order valence-corrected chi connectivity index (χ0v) is 8.70. The van der Waals surface area contributed by atoms with E-state index in [4.69, 9.17) is 5.11 Å². The molecule has 14 heavy (non-hydrogen) atoms. The standard InChI is InChI=1S/C10H14N2O.ClH/c13-7-10-4-9(6-12-10)8-2-1-3-11-5-8;/h1-3,5,9-10,12-13H,4,6-7H2;1H/t9?,10-;/m0./s1. The average Bonchev–Trinajstić information content (AvgIpc) is 2.67. The van der Waals surface area contributed by atoms with Gasteiger partial charge in [0, 0.05) is 25.0 Å². The van der Waals surface area contributed by atoms with Gasteiger partial charge in [0.1, 0.15) is 0 Å². The van der Waals surface area contributed by atoms with Crippen molar-refractivity contribution in [3.8, 4) is 0 Å². The summed E-state index contributed by atoms with van der Waals surface area (Å²) in [6.45, 7) is 1.19. The Balaban J connectivity index is 0.000000980. The van der Waals surface area contributed by atoms with Crippen molar-refractivity contribution < 1.29 is 5.11 Å². The van der Waals surface area contributed by atoms with Gasteiger partial charge >= 0.3 is 0 Å². The van der Waals surface area contributed by atoms with E-state index in [1.807, 2.05) is 12.3 Å². The highest BCUT2D eigenvalue weighted by atomic mass is 35.5. The first-order valence-electron chi connectivity index (χ1n) is 4.64. The van der Waals surface area contributed by atoms with Gasteiger partial charge in [0.15, 0.2) is 0 Å². The Morgan fingerprint density at radius 2 is 2.43 bits per heavy atom. The van der Waals surface area contributed by atoms with Gasteiger partial charge in [0.05, 0.1) is 6.61 Å². The normalized spacial score (nSPS) is 25.8. The van der Waals surface area contributed by atoms with E-state index in [2.05, 4.69) is 16.4 Å². The summed E-state index contributed by atoms with van der Waals surface area (Å²) in [5.41, 5.74) is 1.27. The number of nitrogens with one attached hydrogen (secondary N) is 1. The van der Waals surface area contributed by atoms with Gasteiger partial charge in [0.25, 0.3) is 0 Å². The molecule has 78 valence electrons. The Bertz CT molecular complexity index is 268. The molecule has 1 saturated heterocycles. The molecule has 2 rings (SSSR count). The van der Waals surface area contributed by atoms with Gasteiger partial charge in [-0.3, -0.25) is 4.98 Å². The minimum absolute atomic E-state index is 0. The van der Waals surface area contributed by atoms with Crippen LogP contribution in [0.4, 0.5) is 0 Å². The predicted molar refractivity (Wildman–Crippen MR) is 57.7 cm³/mol. The van der Waals surface area contributed by atoms with Crippen LogP contribution in [0.3, 0.4) is 0 Å². The second-order valence-electron chi connectivity index (χ2n) is 3.51. The number of hydrogen-bond donors (Lipinski definition) is 2. The number of aromatic nitrogens is 1. The predicted octanol–water partition coefficient (Wildman–Crippen LogP) is 0.941. The van der Waals surface area contributed by atoms with Crippen LogP contribution >= 0.6 is 12.4 Å². The molecular weight excluding hydrogens is 200 g/mol. The number of rotatable bonds is 2. The smallest absolute Gasteiger partial charge is 0.0584 e. The highest BCUT2D eigenvalue weighted by Crippen LogP contribution is 2.24. The minimum Gasteiger partial charge on any atom is -0.395 e. The second-order valence-corrected chi connectivity index (χ2v) is 3.51. The number of aliphatic hydroxyl groups is 1. The molecule has 1 fully saturated rings. The van der Waals surface area contributed by atoms with Crippen LogP contribution in [0, 0.1) is 0 Å². The lowest BCUT2D eigenvalue weighted by atomic mass is 9.98. The van der Waals surface area contributed by atoms with Crippen molar-refractivity contribution in [1.29, 1.82) is 0 Å². The molecule has 0 radical (unpaired) electrons. The van der Waals surface area contributed by atoms with Crippen LogP contribution in [-0.4, -0.2) is 29.3 Å². The molecule has 3 nitrogen and oxygen atoms in total. The Morgan fingerprint density at radius 3 is 3.00 bits per heavy atom. The first-order chi connectivity index (χ1) is 6.40. The maximum absolute atomic E-state index is 8.95. The van der Waals surface area contributed by atoms with Gasteiger partial charge in [-0.05, 0) is 24.0 Å². The van der Waals surface area contributed by atoms with Crippen LogP contribution in [0.25, 0.3) is 0 Å². The van der Waals surface area contributed by atoms with E-state index >= 15 is 0 Å². The van der Waals surface area contributed by atoms with E-state index in [-0.39, 0.29) is 25.1 Å². The molecule has 1 aliphatic heterocycles. The fourth-order valence-electron chi connectivity index (χ4n) is 1.83. The first kappa shape index (κ1) is 11.4. The van der Waals surface area contributed by atoms with E-state index in [1.165, 1.54) is 5.56 Å². The first-order valence-corrected chi connectivity index (χ1v) is 4.64. The van der Waals surface area contributed by atoms with E-state index in [0.29, 0.717) is 5.92 Å². The van der Waals surface area contributed by atoms with Crippen LogP contribution in [0.2, 0.25) is 0 Å². The molecule has 2 heterocycles. The molecule has 0 aromatic carbocycles. The van der Waals surface area contributed by atoms with Crippen molar-refractivity contribution in [2.45, 2.75) is 18.4 Å².